The highest BCUT2D eigenvalue weighted by Gasteiger charge is 2.20. The molecule has 0 aliphatic heterocycles. The standard InChI is InChI=1S/C12H15NO3/c1-12(2,3)13-11(14)9-7-8(15-4)5-6-10(9)16-13/h5-7H,1-4H3. The van der Waals surface area contributed by atoms with Crippen LogP contribution in [0.3, 0.4) is 0 Å². The maximum absolute atomic E-state index is 12.1. The fourth-order valence-corrected chi connectivity index (χ4v) is 1.57. The smallest absolute Gasteiger partial charge is 0.290 e. The normalized spacial score (nSPS) is 12.0. The molecule has 0 fully saturated rings. The van der Waals surface area contributed by atoms with Crippen LogP contribution in [0.25, 0.3) is 11.0 Å². The van der Waals surface area contributed by atoms with Crippen molar-refractivity contribution in [1.29, 1.82) is 0 Å². The van der Waals surface area contributed by atoms with Crippen LogP contribution in [0.1, 0.15) is 20.8 Å². The molecule has 0 saturated heterocycles. The highest BCUT2D eigenvalue weighted by Crippen LogP contribution is 2.21. The summed E-state index contributed by atoms with van der Waals surface area (Å²) in [5, 5.41) is 0.550. The van der Waals surface area contributed by atoms with Crippen LogP contribution in [0.2, 0.25) is 0 Å². The van der Waals surface area contributed by atoms with Crippen molar-refractivity contribution in [2.75, 3.05) is 7.11 Å². The second-order valence-electron chi connectivity index (χ2n) is 4.72. The molecular weight excluding hydrogens is 206 g/mol. The molecular formula is C12H15NO3. The predicted octanol–water partition coefficient (Wildman–Crippen LogP) is 2.36. The van der Waals surface area contributed by atoms with E-state index in [0.29, 0.717) is 16.7 Å². The molecule has 0 spiro atoms. The molecule has 0 unspecified atom stereocenters. The van der Waals surface area contributed by atoms with E-state index in [4.69, 9.17) is 9.26 Å². The lowest BCUT2D eigenvalue weighted by Gasteiger charge is -2.16. The van der Waals surface area contributed by atoms with Gasteiger partial charge in [-0.15, -0.1) is 0 Å². The summed E-state index contributed by atoms with van der Waals surface area (Å²) in [5.41, 5.74) is 0.103. The lowest BCUT2D eigenvalue weighted by atomic mass is 10.1. The first kappa shape index (κ1) is 10.8. The van der Waals surface area contributed by atoms with Gasteiger partial charge in [0.15, 0.2) is 5.58 Å². The number of nitrogens with zero attached hydrogens (tertiary/aromatic N) is 1. The summed E-state index contributed by atoms with van der Waals surface area (Å²) in [6.45, 7) is 5.77. The molecule has 0 amide bonds. The number of fused-ring (bicyclic) bond motifs is 1. The van der Waals surface area contributed by atoms with Crippen molar-refractivity contribution in [3.63, 3.8) is 0 Å². The Hall–Kier alpha value is -1.71. The molecule has 2 rings (SSSR count). The molecule has 4 nitrogen and oxygen atoms in total. The third kappa shape index (κ3) is 1.60. The Morgan fingerprint density at radius 3 is 2.56 bits per heavy atom. The van der Waals surface area contributed by atoms with Gasteiger partial charge in [-0.2, -0.15) is 4.74 Å². The molecule has 0 bridgehead atoms. The van der Waals surface area contributed by atoms with E-state index in [9.17, 15) is 4.79 Å². The fourth-order valence-electron chi connectivity index (χ4n) is 1.57. The summed E-state index contributed by atoms with van der Waals surface area (Å²) in [6.07, 6.45) is 0. The minimum Gasteiger partial charge on any atom is -0.497 e. The molecule has 2 aromatic rings. The lowest BCUT2D eigenvalue weighted by Crippen LogP contribution is -2.30. The van der Waals surface area contributed by atoms with Gasteiger partial charge in [0.2, 0.25) is 0 Å². The van der Waals surface area contributed by atoms with E-state index in [1.165, 1.54) is 4.74 Å². The molecule has 16 heavy (non-hydrogen) atoms. The zero-order chi connectivity index (χ0) is 11.9. The third-order valence-electron chi connectivity index (χ3n) is 2.40. The summed E-state index contributed by atoms with van der Waals surface area (Å²) in [7, 11) is 1.57. The Balaban J connectivity index is 2.74. The summed E-state index contributed by atoms with van der Waals surface area (Å²) in [5.74, 6) is 0.659. The van der Waals surface area contributed by atoms with Crippen LogP contribution in [0.5, 0.6) is 5.75 Å². The molecule has 0 radical (unpaired) electrons. The van der Waals surface area contributed by atoms with E-state index in [0.717, 1.165) is 0 Å². The number of hydrogen-bond acceptors (Lipinski definition) is 3. The Morgan fingerprint density at radius 1 is 1.31 bits per heavy atom. The van der Waals surface area contributed by atoms with Gasteiger partial charge in [-0.05, 0) is 39.0 Å². The van der Waals surface area contributed by atoms with Crippen LogP contribution in [0.4, 0.5) is 0 Å². The van der Waals surface area contributed by atoms with Gasteiger partial charge in [0, 0.05) is 0 Å². The Labute approximate surface area is 93.4 Å². The van der Waals surface area contributed by atoms with E-state index in [1.807, 2.05) is 20.8 Å². The topological polar surface area (TPSA) is 44.4 Å². The van der Waals surface area contributed by atoms with Gasteiger partial charge in [0.05, 0.1) is 18.0 Å². The van der Waals surface area contributed by atoms with Crippen LogP contribution in [0.15, 0.2) is 27.5 Å². The van der Waals surface area contributed by atoms with E-state index in [2.05, 4.69) is 0 Å². The highest BCUT2D eigenvalue weighted by molar-refractivity contribution is 5.77. The second-order valence-corrected chi connectivity index (χ2v) is 4.72. The zero-order valence-electron chi connectivity index (χ0n) is 9.90. The average molecular weight is 221 g/mol. The van der Waals surface area contributed by atoms with Gasteiger partial charge < -0.3 is 9.26 Å². The summed E-state index contributed by atoms with van der Waals surface area (Å²) in [6, 6.07) is 5.22. The van der Waals surface area contributed by atoms with Gasteiger partial charge in [-0.3, -0.25) is 4.79 Å². The first-order valence-corrected chi connectivity index (χ1v) is 5.14. The van der Waals surface area contributed by atoms with E-state index >= 15 is 0 Å². The van der Waals surface area contributed by atoms with Crippen molar-refractivity contribution < 1.29 is 9.26 Å². The van der Waals surface area contributed by atoms with E-state index < -0.39 is 0 Å². The maximum Gasteiger partial charge on any atom is 0.290 e. The van der Waals surface area contributed by atoms with Crippen LogP contribution in [-0.2, 0) is 5.54 Å². The zero-order valence-corrected chi connectivity index (χ0v) is 9.90. The minimum absolute atomic E-state index is 0.124. The van der Waals surface area contributed by atoms with Gasteiger partial charge in [0.25, 0.3) is 5.56 Å². The Morgan fingerprint density at radius 2 is 2.00 bits per heavy atom. The van der Waals surface area contributed by atoms with Gasteiger partial charge in [0.1, 0.15) is 5.75 Å². The predicted molar refractivity (Wildman–Crippen MR) is 62.0 cm³/mol. The molecule has 1 heterocycles. The average Bonchev–Trinajstić information content (AvgIpc) is 2.55. The highest BCUT2D eigenvalue weighted by atomic mass is 16.5. The largest absolute Gasteiger partial charge is 0.497 e. The number of methoxy groups -OCH3 is 1. The van der Waals surface area contributed by atoms with Crippen molar-refractivity contribution in [2.45, 2.75) is 26.3 Å². The SMILES string of the molecule is COc1ccc2on(C(C)(C)C)c(=O)c2c1. The van der Waals surface area contributed by atoms with Gasteiger partial charge >= 0.3 is 0 Å². The molecule has 0 atom stereocenters. The molecule has 0 saturated carbocycles. The Bertz CT molecular complexity index is 572. The van der Waals surface area contributed by atoms with Gasteiger partial charge in [-0.1, -0.05) is 0 Å². The molecule has 0 aliphatic carbocycles. The van der Waals surface area contributed by atoms with Crippen molar-refractivity contribution >= 4 is 11.0 Å². The summed E-state index contributed by atoms with van der Waals surface area (Å²) in [4.78, 5) is 12.1. The number of hydrogen-bond donors (Lipinski definition) is 0. The number of aromatic nitrogens is 1. The Kier molecular flexibility index (Phi) is 2.30. The first-order valence-electron chi connectivity index (χ1n) is 5.14. The summed E-state index contributed by atoms with van der Waals surface area (Å²) < 4.78 is 12.0. The van der Waals surface area contributed by atoms with Crippen molar-refractivity contribution in [2.24, 2.45) is 0 Å². The third-order valence-corrected chi connectivity index (χ3v) is 2.40. The molecule has 0 N–H and O–H groups in total. The number of rotatable bonds is 1. The second kappa shape index (κ2) is 3.40. The fraction of sp³-hybridized carbons (Fsp3) is 0.417. The van der Waals surface area contributed by atoms with Crippen LogP contribution in [0, 0.1) is 0 Å². The quantitative estimate of drug-likeness (QED) is 0.742. The van der Waals surface area contributed by atoms with Crippen molar-refractivity contribution in [3.05, 3.63) is 28.6 Å². The maximum atomic E-state index is 12.1. The van der Waals surface area contributed by atoms with E-state index in [-0.39, 0.29) is 11.1 Å². The first-order chi connectivity index (χ1) is 7.43. The van der Waals surface area contributed by atoms with Crippen molar-refractivity contribution in [3.8, 4) is 5.75 Å². The van der Waals surface area contributed by atoms with Gasteiger partial charge in [-0.25, -0.2) is 0 Å². The number of ether oxygens (including phenoxy) is 1. The molecule has 1 aromatic carbocycles. The number of benzene rings is 1. The van der Waals surface area contributed by atoms with E-state index in [1.54, 1.807) is 25.3 Å². The van der Waals surface area contributed by atoms with Crippen LogP contribution < -0.4 is 10.3 Å². The molecule has 1 aromatic heterocycles. The monoisotopic (exact) mass is 221 g/mol. The van der Waals surface area contributed by atoms with Crippen LogP contribution >= 0.6 is 0 Å². The van der Waals surface area contributed by atoms with Crippen LogP contribution in [-0.4, -0.2) is 11.8 Å². The lowest BCUT2D eigenvalue weighted by molar-refractivity contribution is 0.171. The molecule has 4 heteroatoms. The molecule has 86 valence electrons. The molecule has 0 aliphatic rings. The summed E-state index contributed by atoms with van der Waals surface area (Å²) >= 11 is 0. The van der Waals surface area contributed by atoms with Crippen molar-refractivity contribution in [1.82, 2.24) is 4.74 Å². The minimum atomic E-state index is -0.358.